The summed E-state index contributed by atoms with van der Waals surface area (Å²) in [7, 11) is 0. The van der Waals surface area contributed by atoms with E-state index >= 15 is 0 Å². The van der Waals surface area contributed by atoms with Crippen LogP contribution >= 0.6 is 0 Å². The molecule has 1 aliphatic heterocycles. The number of aliphatic hydroxyl groups excluding tert-OH is 1. The number of rotatable bonds is 13. The molecule has 0 radical (unpaired) electrons. The van der Waals surface area contributed by atoms with E-state index in [1.807, 2.05) is 61.5 Å². The third-order valence-corrected chi connectivity index (χ3v) is 7.25. The van der Waals surface area contributed by atoms with Gasteiger partial charge in [0, 0.05) is 12.1 Å². The summed E-state index contributed by atoms with van der Waals surface area (Å²) in [6.07, 6.45) is 0.721. The number of likely N-dealkylation sites (tertiary alicyclic amines) is 1. The fraction of sp³-hybridized carbons (Fsp3) is 0.333. The van der Waals surface area contributed by atoms with E-state index in [9.17, 15) is 14.7 Å². The first-order valence-electron chi connectivity index (χ1n) is 13.9. The lowest BCUT2D eigenvalue weighted by Crippen LogP contribution is -2.33. The molecule has 1 aliphatic rings. The van der Waals surface area contributed by atoms with Gasteiger partial charge in [-0.1, -0.05) is 74.5 Å². The molecule has 40 heavy (non-hydrogen) atoms. The average molecular weight is 543 g/mol. The van der Waals surface area contributed by atoms with Crippen molar-refractivity contribution in [3.8, 4) is 11.5 Å². The zero-order valence-corrected chi connectivity index (χ0v) is 23.5. The van der Waals surface area contributed by atoms with E-state index in [0.29, 0.717) is 31.1 Å². The number of benzene rings is 3. The predicted molar refractivity (Wildman–Crippen MR) is 156 cm³/mol. The molecule has 1 unspecified atom stereocenters. The number of hydrogen-bond acceptors (Lipinski definition) is 6. The molecule has 0 spiro atoms. The quantitative estimate of drug-likeness (QED) is 0.131. The lowest BCUT2D eigenvalue weighted by atomic mass is 9.95. The van der Waals surface area contributed by atoms with E-state index < -0.39 is 17.7 Å². The highest BCUT2D eigenvalue weighted by atomic mass is 16.5. The smallest absolute Gasteiger partial charge is 0.295 e. The van der Waals surface area contributed by atoms with Gasteiger partial charge in [-0.05, 0) is 62.3 Å². The van der Waals surface area contributed by atoms with Crippen molar-refractivity contribution < 1.29 is 24.2 Å². The van der Waals surface area contributed by atoms with Gasteiger partial charge in [0.15, 0.2) is 0 Å². The Morgan fingerprint density at radius 1 is 0.875 bits per heavy atom. The highest BCUT2D eigenvalue weighted by Gasteiger charge is 2.45. The minimum atomic E-state index is -0.685. The van der Waals surface area contributed by atoms with Gasteiger partial charge >= 0.3 is 0 Å². The average Bonchev–Trinajstić information content (AvgIpc) is 3.24. The second-order valence-electron chi connectivity index (χ2n) is 9.77. The third-order valence-electron chi connectivity index (χ3n) is 7.25. The van der Waals surface area contributed by atoms with Gasteiger partial charge in [-0.2, -0.15) is 0 Å². The summed E-state index contributed by atoms with van der Waals surface area (Å²) in [5.74, 6) is 0.0665. The van der Waals surface area contributed by atoms with Crippen molar-refractivity contribution >= 4 is 17.4 Å². The summed E-state index contributed by atoms with van der Waals surface area (Å²) in [5.41, 5.74) is 2.42. The Balaban J connectivity index is 1.53. The van der Waals surface area contributed by atoms with Crippen molar-refractivity contribution in [2.75, 3.05) is 39.4 Å². The van der Waals surface area contributed by atoms with Crippen LogP contribution in [0.2, 0.25) is 0 Å². The summed E-state index contributed by atoms with van der Waals surface area (Å²) < 4.78 is 11.7. The van der Waals surface area contributed by atoms with E-state index in [2.05, 4.69) is 18.7 Å². The van der Waals surface area contributed by atoms with E-state index in [1.54, 1.807) is 29.2 Å². The van der Waals surface area contributed by atoms with Crippen LogP contribution in [0.5, 0.6) is 11.5 Å². The van der Waals surface area contributed by atoms with Crippen LogP contribution in [0.1, 0.15) is 43.0 Å². The third kappa shape index (κ3) is 6.72. The second-order valence-corrected chi connectivity index (χ2v) is 9.77. The standard InChI is InChI=1S/C33H38N2O5/c1-4-34(5-2)20-11-21-35-30(29(32(37)33(35)38)31(36)26-13-7-6-8-14-26)25-16-18-27(19-17-25)39-22-23-40-28-15-10-9-12-24(28)3/h6-10,12-19,30,36H,4-5,11,20-23H2,1-3H3. The van der Waals surface area contributed by atoms with Gasteiger partial charge in [0.25, 0.3) is 11.7 Å². The number of para-hydroxylation sites is 1. The molecule has 1 N–H and O–H groups in total. The molecule has 1 fully saturated rings. The zero-order valence-electron chi connectivity index (χ0n) is 23.5. The number of ketones is 1. The molecule has 1 saturated heterocycles. The lowest BCUT2D eigenvalue weighted by Gasteiger charge is -2.27. The fourth-order valence-corrected chi connectivity index (χ4v) is 4.99. The zero-order chi connectivity index (χ0) is 28.5. The van der Waals surface area contributed by atoms with Crippen LogP contribution in [-0.4, -0.2) is 66.0 Å². The molecule has 0 aliphatic carbocycles. The van der Waals surface area contributed by atoms with E-state index in [-0.39, 0.29) is 11.3 Å². The molecule has 210 valence electrons. The largest absolute Gasteiger partial charge is 0.507 e. The molecule has 0 bridgehead atoms. The number of amides is 1. The highest BCUT2D eigenvalue weighted by molar-refractivity contribution is 6.46. The first-order chi connectivity index (χ1) is 19.4. The van der Waals surface area contributed by atoms with Crippen molar-refractivity contribution in [2.24, 2.45) is 0 Å². The van der Waals surface area contributed by atoms with Crippen LogP contribution in [0.25, 0.3) is 5.76 Å². The molecular weight excluding hydrogens is 504 g/mol. The molecule has 7 nitrogen and oxygen atoms in total. The van der Waals surface area contributed by atoms with Gasteiger partial charge < -0.3 is 24.4 Å². The van der Waals surface area contributed by atoms with Crippen LogP contribution in [0.4, 0.5) is 0 Å². The maximum Gasteiger partial charge on any atom is 0.295 e. The Bertz CT molecular complexity index is 1320. The Hall–Kier alpha value is -4.10. The first-order valence-corrected chi connectivity index (χ1v) is 13.9. The number of ether oxygens (including phenoxy) is 2. The van der Waals surface area contributed by atoms with E-state index in [0.717, 1.165) is 42.9 Å². The summed E-state index contributed by atoms with van der Waals surface area (Å²) in [6, 6.07) is 23.4. The molecule has 1 heterocycles. The van der Waals surface area contributed by atoms with Gasteiger partial charge in [-0.15, -0.1) is 0 Å². The van der Waals surface area contributed by atoms with Crippen LogP contribution in [0, 0.1) is 6.92 Å². The van der Waals surface area contributed by atoms with Gasteiger partial charge in [-0.3, -0.25) is 9.59 Å². The molecular formula is C33H38N2O5. The maximum absolute atomic E-state index is 13.2. The molecule has 3 aromatic carbocycles. The summed E-state index contributed by atoms with van der Waals surface area (Å²) in [5, 5.41) is 11.2. The Morgan fingerprint density at radius 3 is 2.20 bits per heavy atom. The Labute approximate surface area is 236 Å². The van der Waals surface area contributed by atoms with Gasteiger partial charge in [-0.25, -0.2) is 0 Å². The number of carbonyl (C=O) groups excluding carboxylic acids is 2. The minimum Gasteiger partial charge on any atom is -0.507 e. The minimum absolute atomic E-state index is 0.110. The molecule has 1 atom stereocenters. The normalized spacial score (nSPS) is 16.5. The van der Waals surface area contributed by atoms with E-state index in [4.69, 9.17) is 9.47 Å². The van der Waals surface area contributed by atoms with Crippen LogP contribution in [-0.2, 0) is 9.59 Å². The van der Waals surface area contributed by atoms with Crippen LogP contribution in [0.15, 0.2) is 84.4 Å². The Kier molecular flexibility index (Phi) is 9.97. The number of nitrogens with zero attached hydrogens (tertiary/aromatic N) is 2. The topological polar surface area (TPSA) is 79.3 Å². The van der Waals surface area contributed by atoms with Crippen LogP contribution < -0.4 is 9.47 Å². The number of Topliss-reactive ketones (excluding diaryl/α,β-unsaturated/α-hetero) is 1. The lowest BCUT2D eigenvalue weighted by molar-refractivity contribution is -0.140. The predicted octanol–water partition coefficient (Wildman–Crippen LogP) is 5.61. The van der Waals surface area contributed by atoms with E-state index in [1.165, 1.54) is 0 Å². The number of carbonyl (C=O) groups is 2. The SMILES string of the molecule is CCN(CC)CCCN1C(=O)C(=O)C(=C(O)c2ccccc2)C1c1ccc(OCCOc2ccccc2C)cc1. The summed E-state index contributed by atoms with van der Waals surface area (Å²) in [4.78, 5) is 30.3. The van der Waals surface area contributed by atoms with Crippen LogP contribution in [0.3, 0.4) is 0 Å². The fourth-order valence-electron chi connectivity index (χ4n) is 4.99. The van der Waals surface area contributed by atoms with Gasteiger partial charge in [0.2, 0.25) is 0 Å². The van der Waals surface area contributed by atoms with Gasteiger partial charge in [0.1, 0.15) is 30.5 Å². The van der Waals surface area contributed by atoms with Crippen molar-refractivity contribution in [3.05, 3.63) is 101 Å². The molecule has 4 rings (SSSR count). The molecule has 0 aromatic heterocycles. The van der Waals surface area contributed by atoms with Crippen molar-refractivity contribution in [2.45, 2.75) is 33.2 Å². The molecule has 3 aromatic rings. The number of aliphatic hydroxyl groups is 1. The first kappa shape index (κ1) is 28.9. The van der Waals surface area contributed by atoms with Crippen molar-refractivity contribution in [1.82, 2.24) is 9.80 Å². The highest BCUT2D eigenvalue weighted by Crippen LogP contribution is 2.39. The molecule has 0 saturated carbocycles. The van der Waals surface area contributed by atoms with Crippen molar-refractivity contribution in [1.29, 1.82) is 0 Å². The molecule has 1 amide bonds. The van der Waals surface area contributed by atoms with Gasteiger partial charge in [0.05, 0.1) is 11.6 Å². The van der Waals surface area contributed by atoms with Crippen molar-refractivity contribution in [3.63, 3.8) is 0 Å². The molecule has 7 heteroatoms. The monoisotopic (exact) mass is 542 g/mol. The number of aryl methyl sites for hydroxylation is 1. The Morgan fingerprint density at radius 2 is 1.52 bits per heavy atom. The second kappa shape index (κ2) is 13.8. The summed E-state index contributed by atoms with van der Waals surface area (Å²) >= 11 is 0. The maximum atomic E-state index is 13.2. The summed E-state index contributed by atoms with van der Waals surface area (Å²) in [6.45, 7) is 10.0. The number of hydrogen-bond donors (Lipinski definition) is 1.